The maximum absolute atomic E-state index is 13.6. The van der Waals surface area contributed by atoms with Crippen LogP contribution in [0.2, 0.25) is 0 Å². The van der Waals surface area contributed by atoms with E-state index in [1.165, 1.54) is 6.07 Å². The van der Waals surface area contributed by atoms with Crippen molar-refractivity contribution in [1.29, 1.82) is 0 Å². The Balaban J connectivity index is 1.56. The lowest BCUT2D eigenvalue weighted by molar-refractivity contribution is 0.0833. The third kappa shape index (κ3) is 4.64. The number of nitrogens with two attached hydrogens (primary N) is 1. The summed E-state index contributed by atoms with van der Waals surface area (Å²) in [7, 11) is 0. The van der Waals surface area contributed by atoms with Crippen LogP contribution >= 0.6 is 0 Å². The fraction of sp³-hybridized carbons (Fsp3) is 0.412. The fourth-order valence-electron chi connectivity index (χ4n) is 2.54. The van der Waals surface area contributed by atoms with Crippen molar-refractivity contribution in [3.05, 3.63) is 52.4 Å². The number of hydrogen-bond acceptors (Lipinski definition) is 5. The molecule has 1 aliphatic rings. The summed E-state index contributed by atoms with van der Waals surface area (Å²) in [4.78, 5) is 4.23. The van der Waals surface area contributed by atoms with Gasteiger partial charge < -0.3 is 19.7 Å². The SMILES string of the molecule is NC(=NCC1CCOC1)c1cc(COCc2c(F)c(F)cc(F)c2F)on1. The smallest absolute Gasteiger partial charge is 0.167 e. The Morgan fingerprint density at radius 2 is 1.93 bits per heavy atom. The van der Waals surface area contributed by atoms with Gasteiger partial charge in [0.25, 0.3) is 0 Å². The Kier molecular flexibility index (Phi) is 6.07. The van der Waals surface area contributed by atoms with Crippen LogP contribution in [-0.4, -0.2) is 30.8 Å². The van der Waals surface area contributed by atoms with Gasteiger partial charge in [-0.3, -0.25) is 4.99 Å². The molecule has 0 amide bonds. The molecule has 1 aliphatic heterocycles. The van der Waals surface area contributed by atoms with Gasteiger partial charge in [-0.05, 0) is 6.42 Å². The number of halogens is 4. The first-order valence-electron chi connectivity index (χ1n) is 8.19. The van der Waals surface area contributed by atoms with E-state index in [2.05, 4.69) is 10.1 Å². The average Bonchev–Trinajstić information content (AvgIpc) is 3.33. The molecule has 0 radical (unpaired) electrons. The molecule has 2 aromatic rings. The van der Waals surface area contributed by atoms with E-state index in [0.717, 1.165) is 6.42 Å². The quantitative estimate of drug-likeness (QED) is 0.342. The molecular weight excluding hydrogens is 370 g/mol. The van der Waals surface area contributed by atoms with Crippen molar-refractivity contribution in [2.75, 3.05) is 19.8 Å². The second-order valence-corrected chi connectivity index (χ2v) is 6.07. The van der Waals surface area contributed by atoms with Crippen LogP contribution < -0.4 is 5.73 Å². The van der Waals surface area contributed by atoms with E-state index in [4.69, 9.17) is 19.7 Å². The normalized spacial score (nSPS) is 17.6. The molecule has 0 spiro atoms. The summed E-state index contributed by atoms with van der Waals surface area (Å²) in [6, 6.07) is 1.60. The first kappa shape index (κ1) is 19.3. The summed E-state index contributed by atoms with van der Waals surface area (Å²) in [5.74, 6) is -5.28. The fourth-order valence-corrected chi connectivity index (χ4v) is 2.54. The number of aliphatic imine (C=N–C) groups is 1. The van der Waals surface area contributed by atoms with Crippen LogP contribution in [0, 0.1) is 29.2 Å². The molecule has 3 rings (SSSR count). The van der Waals surface area contributed by atoms with Crippen LogP contribution in [0.1, 0.15) is 23.4 Å². The van der Waals surface area contributed by atoms with Crippen LogP contribution in [0.5, 0.6) is 0 Å². The van der Waals surface area contributed by atoms with Crippen molar-refractivity contribution in [3.63, 3.8) is 0 Å². The van der Waals surface area contributed by atoms with Gasteiger partial charge in [-0.1, -0.05) is 5.16 Å². The number of ether oxygens (including phenoxy) is 2. The third-order valence-electron chi connectivity index (χ3n) is 4.06. The van der Waals surface area contributed by atoms with Crippen molar-refractivity contribution in [2.24, 2.45) is 16.6 Å². The summed E-state index contributed by atoms with van der Waals surface area (Å²) >= 11 is 0. The van der Waals surface area contributed by atoms with Crippen LogP contribution in [-0.2, 0) is 22.7 Å². The molecule has 2 N–H and O–H groups in total. The molecule has 1 fully saturated rings. The van der Waals surface area contributed by atoms with E-state index in [1.807, 2.05) is 0 Å². The lowest BCUT2D eigenvalue weighted by atomic mass is 10.1. The lowest BCUT2D eigenvalue weighted by Gasteiger charge is -2.06. The predicted molar refractivity (Wildman–Crippen MR) is 85.8 cm³/mol. The van der Waals surface area contributed by atoms with E-state index in [0.29, 0.717) is 31.4 Å². The van der Waals surface area contributed by atoms with Gasteiger partial charge in [0.15, 0.2) is 29.0 Å². The molecule has 0 saturated carbocycles. The van der Waals surface area contributed by atoms with E-state index in [1.54, 1.807) is 0 Å². The van der Waals surface area contributed by atoms with Crippen LogP contribution in [0.4, 0.5) is 17.6 Å². The number of nitrogens with zero attached hydrogens (tertiary/aromatic N) is 2. The zero-order chi connectivity index (χ0) is 19.4. The molecule has 0 aliphatic carbocycles. The van der Waals surface area contributed by atoms with Crippen LogP contribution in [0.3, 0.4) is 0 Å². The number of hydrogen-bond donors (Lipinski definition) is 1. The summed E-state index contributed by atoms with van der Waals surface area (Å²) in [6.07, 6.45) is 0.919. The number of benzene rings is 1. The lowest BCUT2D eigenvalue weighted by Crippen LogP contribution is -2.16. The minimum atomic E-state index is -1.50. The van der Waals surface area contributed by atoms with Crippen molar-refractivity contribution in [3.8, 4) is 0 Å². The Bertz CT molecular complexity index is 809. The van der Waals surface area contributed by atoms with Gasteiger partial charge in [0.1, 0.15) is 18.1 Å². The zero-order valence-electron chi connectivity index (χ0n) is 14.2. The van der Waals surface area contributed by atoms with E-state index >= 15 is 0 Å². The maximum atomic E-state index is 13.6. The summed E-state index contributed by atoms with van der Waals surface area (Å²) in [6.45, 7) is 0.944. The number of rotatable bonds is 7. The Morgan fingerprint density at radius 3 is 2.59 bits per heavy atom. The van der Waals surface area contributed by atoms with Crippen molar-refractivity contribution >= 4 is 5.84 Å². The molecule has 10 heteroatoms. The Hall–Kier alpha value is -2.46. The summed E-state index contributed by atoms with van der Waals surface area (Å²) < 4.78 is 68.7. The van der Waals surface area contributed by atoms with Crippen LogP contribution in [0.25, 0.3) is 0 Å². The van der Waals surface area contributed by atoms with Gasteiger partial charge >= 0.3 is 0 Å². The largest absolute Gasteiger partial charge is 0.382 e. The molecule has 1 aromatic heterocycles. The summed E-state index contributed by atoms with van der Waals surface area (Å²) in [5, 5.41) is 3.74. The van der Waals surface area contributed by atoms with Gasteiger partial charge in [-0.2, -0.15) is 0 Å². The highest BCUT2D eigenvalue weighted by Crippen LogP contribution is 2.20. The highest BCUT2D eigenvalue weighted by atomic mass is 19.2. The minimum Gasteiger partial charge on any atom is -0.382 e. The molecule has 0 bridgehead atoms. The highest BCUT2D eigenvalue weighted by Gasteiger charge is 2.19. The summed E-state index contributed by atoms with van der Waals surface area (Å²) in [5.41, 5.74) is 5.30. The molecule has 27 heavy (non-hydrogen) atoms. The van der Waals surface area contributed by atoms with E-state index in [9.17, 15) is 17.6 Å². The topological polar surface area (TPSA) is 82.9 Å². The molecule has 146 valence electrons. The minimum absolute atomic E-state index is 0.136. The van der Waals surface area contributed by atoms with Gasteiger partial charge in [0.2, 0.25) is 0 Å². The van der Waals surface area contributed by atoms with E-state index in [-0.39, 0.29) is 24.3 Å². The van der Waals surface area contributed by atoms with E-state index < -0.39 is 35.4 Å². The second-order valence-electron chi connectivity index (χ2n) is 6.07. The Labute approximate surface area is 151 Å². The van der Waals surface area contributed by atoms with Gasteiger partial charge in [0, 0.05) is 31.2 Å². The van der Waals surface area contributed by atoms with Crippen molar-refractivity contribution < 1.29 is 31.6 Å². The van der Waals surface area contributed by atoms with Crippen molar-refractivity contribution in [2.45, 2.75) is 19.6 Å². The molecule has 1 unspecified atom stereocenters. The standard InChI is InChI=1S/C17H17F4N3O3/c18-12-4-13(19)16(21)11(15(12)20)8-26-7-10-3-14(24-27-10)17(22)23-5-9-1-2-25-6-9/h3-4,9H,1-2,5-8H2,(H2,22,23). The average molecular weight is 387 g/mol. The zero-order valence-corrected chi connectivity index (χ0v) is 14.2. The van der Waals surface area contributed by atoms with Gasteiger partial charge in [0.05, 0.1) is 18.8 Å². The highest BCUT2D eigenvalue weighted by molar-refractivity contribution is 5.95. The Morgan fingerprint density at radius 1 is 1.19 bits per heavy atom. The number of amidine groups is 1. The first-order valence-corrected chi connectivity index (χ1v) is 8.19. The maximum Gasteiger partial charge on any atom is 0.167 e. The third-order valence-corrected chi connectivity index (χ3v) is 4.06. The molecular formula is C17H17F4N3O3. The molecule has 2 heterocycles. The first-order chi connectivity index (χ1) is 13.0. The van der Waals surface area contributed by atoms with Crippen molar-refractivity contribution in [1.82, 2.24) is 5.16 Å². The van der Waals surface area contributed by atoms with Gasteiger partial charge in [-0.15, -0.1) is 0 Å². The monoisotopic (exact) mass is 387 g/mol. The molecule has 1 saturated heterocycles. The predicted octanol–water partition coefficient (Wildman–Crippen LogP) is 2.69. The van der Waals surface area contributed by atoms with Gasteiger partial charge in [-0.25, -0.2) is 17.6 Å². The molecule has 1 atom stereocenters. The molecule has 6 nitrogen and oxygen atoms in total. The number of aromatic nitrogens is 1. The van der Waals surface area contributed by atoms with Crippen LogP contribution in [0.15, 0.2) is 21.6 Å². The second kappa shape index (κ2) is 8.49. The molecule has 1 aromatic carbocycles.